The molecule has 0 spiro atoms. The summed E-state index contributed by atoms with van der Waals surface area (Å²) in [5.41, 5.74) is 0. The molecule has 0 bridgehead atoms. The molecular weight excluding hydrogens is 604 g/mol. The molecule has 0 aliphatic rings. The quantitative estimate of drug-likeness (QED) is 0.0394. The van der Waals surface area contributed by atoms with E-state index in [1.165, 1.54) is 167 Å². The Morgan fingerprint density at radius 3 is 1.16 bits per heavy atom. The third-order valence-corrected chi connectivity index (χ3v) is 10.2. The van der Waals surface area contributed by atoms with Crippen LogP contribution in [0.5, 0.6) is 0 Å². The van der Waals surface area contributed by atoms with E-state index >= 15 is 0 Å². The zero-order valence-electron chi connectivity index (χ0n) is 33.3. The van der Waals surface area contributed by atoms with Crippen LogP contribution < -0.4 is 0 Å². The molecule has 0 radical (unpaired) electrons. The summed E-state index contributed by atoms with van der Waals surface area (Å²) in [6.07, 6.45) is 51.3. The van der Waals surface area contributed by atoms with E-state index in [0.717, 1.165) is 64.2 Å². The van der Waals surface area contributed by atoms with Gasteiger partial charge in [0.25, 0.3) is 0 Å². The summed E-state index contributed by atoms with van der Waals surface area (Å²) in [5, 5.41) is 8.78. The summed E-state index contributed by atoms with van der Waals surface area (Å²) < 4.78 is 5.94. The number of unbranched alkanes of at least 4 members (excludes halogenated alkanes) is 32. The van der Waals surface area contributed by atoms with E-state index in [-0.39, 0.29) is 18.5 Å². The minimum absolute atomic E-state index is 0.0314. The normalized spacial score (nSPS) is 12.2. The standard InChI is InChI=1S/C45H86O4/c1-3-5-7-9-11-13-14-15-16-17-18-19-20-21-22-23-24-25-26-28-34-38-42-45(48)49-43(39-35-31-27-12-10-8-6-4-2)40-36-32-29-30-33-37-41-44(46)47/h35,39,43H,3-34,36-38,40-42H2,1-2H3,(H,46,47)/b39-35-. The van der Waals surface area contributed by atoms with Gasteiger partial charge in [-0.3, -0.25) is 9.59 Å². The van der Waals surface area contributed by atoms with E-state index in [4.69, 9.17) is 9.84 Å². The van der Waals surface area contributed by atoms with Crippen LogP contribution in [0.4, 0.5) is 0 Å². The van der Waals surface area contributed by atoms with Crippen molar-refractivity contribution in [3.8, 4) is 0 Å². The minimum Gasteiger partial charge on any atom is -0.481 e. The molecule has 0 amide bonds. The van der Waals surface area contributed by atoms with Crippen LogP contribution in [0, 0.1) is 0 Å². The minimum atomic E-state index is -0.696. The molecule has 4 nitrogen and oxygen atoms in total. The van der Waals surface area contributed by atoms with E-state index in [0.29, 0.717) is 6.42 Å². The van der Waals surface area contributed by atoms with Crippen LogP contribution in [0.2, 0.25) is 0 Å². The molecule has 0 heterocycles. The summed E-state index contributed by atoms with van der Waals surface area (Å²) in [7, 11) is 0. The topological polar surface area (TPSA) is 63.6 Å². The molecule has 0 rings (SSSR count). The molecular formula is C45H86O4. The lowest BCUT2D eigenvalue weighted by Gasteiger charge is -2.15. The van der Waals surface area contributed by atoms with Gasteiger partial charge in [0.05, 0.1) is 0 Å². The molecule has 0 aromatic carbocycles. The molecule has 0 saturated heterocycles. The fourth-order valence-electron chi connectivity index (χ4n) is 6.92. The average Bonchev–Trinajstić information content (AvgIpc) is 3.09. The van der Waals surface area contributed by atoms with E-state index < -0.39 is 5.97 Å². The number of carboxylic acid groups (broad SMARTS) is 1. The van der Waals surface area contributed by atoms with Crippen LogP contribution in [0.1, 0.15) is 258 Å². The number of rotatable bonds is 41. The lowest BCUT2D eigenvalue weighted by molar-refractivity contribution is -0.147. The van der Waals surface area contributed by atoms with Crippen molar-refractivity contribution in [2.45, 2.75) is 264 Å². The molecule has 1 atom stereocenters. The second kappa shape index (κ2) is 41.1. The first-order chi connectivity index (χ1) is 24.1. The zero-order chi connectivity index (χ0) is 35.7. The van der Waals surface area contributed by atoms with Crippen molar-refractivity contribution >= 4 is 11.9 Å². The van der Waals surface area contributed by atoms with Crippen LogP contribution in [-0.4, -0.2) is 23.1 Å². The zero-order valence-corrected chi connectivity index (χ0v) is 33.3. The lowest BCUT2D eigenvalue weighted by atomic mass is 10.0. The second-order valence-corrected chi connectivity index (χ2v) is 15.2. The van der Waals surface area contributed by atoms with E-state index in [1.54, 1.807) is 0 Å². The Morgan fingerprint density at radius 1 is 0.449 bits per heavy atom. The van der Waals surface area contributed by atoms with Gasteiger partial charge in [0, 0.05) is 12.8 Å². The van der Waals surface area contributed by atoms with Gasteiger partial charge >= 0.3 is 11.9 Å². The summed E-state index contributed by atoms with van der Waals surface area (Å²) in [6, 6.07) is 0. The number of hydrogen-bond acceptors (Lipinski definition) is 3. The molecule has 0 fully saturated rings. The predicted octanol–water partition coefficient (Wildman–Crippen LogP) is 15.4. The molecule has 4 heteroatoms. The van der Waals surface area contributed by atoms with E-state index in [9.17, 15) is 9.59 Å². The van der Waals surface area contributed by atoms with Crippen LogP contribution in [-0.2, 0) is 14.3 Å². The first-order valence-corrected chi connectivity index (χ1v) is 22.2. The van der Waals surface area contributed by atoms with Gasteiger partial charge in [-0.1, -0.05) is 213 Å². The van der Waals surface area contributed by atoms with Gasteiger partial charge in [-0.15, -0.1) is 0 Å². The molecule has 0 aliphatic heterocycles. The van der Waals surface area contributed by atoms with Crippen LogP contribution in [0.3, 0.4) is 0 Å². The Bertz CT molecular complexity index is 702. The largest absolute Gasteiger partial charge is 0.481 e. The Hall–Kier alpha value is -1.32. The smallest absolute Gasteiger partial charge is 0.306 e. The number of ether oxygens (including phenoxy) is 1. The molecule has 0 aliphatic carbocycles. The van der Waals surface area contributed by atoms with Crippen molar-refractivity contribution in [3.63, 3.8) is 0 Å². The highest BCUT2D eigenvalue weighted by molar-refractivity contribution is 5.69. The van der Waals surface area contributed by atoms with Gasteiger partial charge in [-0.05, 0) is 44.6 Å². The first kappa shape index (κ1) is 47.7. The molecule has 0 saturated carbocycles. The summed E-state index contributed by atoms with van der Waals surface area (Å²) >= 11 is 0. The van der Waals surface area contributed by atoms with E-state index in [1.807, 2.05) is 0 Å². The summed E-state index contributed by atoms with van der Waals surface area (Å²) in [4.78, 5) is 23.3. The first-order valence-electron chi connectivity index (χ1n) is 22.2. The number of carbonyl (C=O) groups is 2. The fourth-order valence-corrected chi connectivity index (χ4v) is 6.92. The number of aliphatic carboxylic acids is 1. The fraction of sp³-hybridized carbons (Fsp3) is 0.911. The molecule has 290 valence electrons. The maximum atomic E-state index is 12.7. The van der Waals surface area contributed by atoms with Crippen molar-refractivity contribution < 1.29 is 19.4 Å². The van der Waals surface area contributed by atoms with Gasteiger partial charge in [0.1, 0.15) is 6.10 Å². The van der Waals surface area contributed by atoms with Crippen molar-refractivity contribution in [2.75, 3.05) is 0 Å². The van der Waals surface area contributed by atoms with Crippen LogP contribution >= 0.6 is 0 Å². The molecule has 49 heavy (non-hydrogen) atoms. The van der Waals surface area contributed by atoms with Gasteiger partial charge in [-0.2, -0.15) is 0 Å². The SMILES string of the molecule is CCCCCCCC/C=C\C(CCCCCCCCC(=O)O)OC(=O)CCCCCCCCCCCCCCCCCCCCCCCC. The number of carbonyl (C=O) groups excluding carboxylic acids is 1. The third-order valence-electron chi connectivity index (χ3n) is 10.2. The highest BCUT2D eigenvalue weighted by Gasteiger charge is 2.11. The van der Waals surface area contributed by atoms with Gasteiger partial charge < -0.3 is 9.84 Å². The van der Waals surface area contributed by atoms with Gasteiger partial charge in [0.2, 0.25) is 0 Å². The molecule has 0 aromatic rings. The van der Waals surface area contributed by atoms with Crippen LogP contribution in [0.15, 0.2) is 12.2 Å². The summed E-state index contributed by atoms with van der Waals surface area (Å²) in [6.45, 7) is 4.55. The monoisotopic (exact) mass is 691 g/mol. The van der Waals surface area contributed by atoms with Crippen molar-refractivity contribution in [1.82, 2.24) is 0 Å². The summed E-state index contributed by atoms with van der Waals surface area (Å²) in [5.74, 6) is -0.728. The number of carboxylic acids is 1. The van der Waals surface area contributed by atoms with Crippen molar-refractivity contribution in [3.05, 3.63) is 12.2 Å². The maximum absolute atomic E-state index is 12.7. The van der Waals surface area contributed by atoms with Crippen molar-refractivity contribution in [1.29, 1.82) is 0 Å². The third kappa shape index (κ3) is 41.0. The van der Waals surface area contributed by atoms with Crippen molar-refractivity contribution in [2.24, 2.45) is 0 Å². The Morgan fingerprint density at radius 2 is 0.776 bits per heavy atom. The number of esters is 1. The number of hydrogen-bond donors (Lipinski definition) is 1. The van der Waals surface area contributed by atoms with E-state index in [2.05, 4.69) is 26.0 Å². The molecule has 0 aromatic heterocycles. The molecule has 1 unspecified atom stereocenters. The highest BCUT2D eigenvalue weighted by Crippen LogP contribution is 2.17. The second-order valence-electron chi connectivity index (χ2n) is 15.2. The Kier molecular flexibility index (Phi) is 40.0. The molecule has 1 N–H and O–H groups in total. The van der Waals surface area contributed by atoms with Gasteiger partial charge in [-0.25, -0.2) is 0 Å². The Balaban J connectivity index is 3.82. The predicted molar refractivity (Wildman–Crippen MR) is 213 cm³/mol. The lowest BCUT2D eigenvalue weighted by Crippen LogP contribution is -2.16. The highest BCUT2D eigenvalue weighted by atomic mass is 16.5. The maximum Gasteiger partial charge on any atom is 0.306 e. The number of allylic oxidation sites excluding steroid dienone is 1. The van der Waals surface area contributed by atoms with Crippen LogP contribution in [0.25, 0.3) is 0 Å². The average molecular weight is 691 g/mol. The Labute approximate surface area is 306 Å². The van der Waals surface area contributed by atoms with Gasteiger partial charge in [0.15, 0.2) is 0 Å².